The molecule has 0 fully saturated rings. The van der Waals surface area contributed by atoms with E-state index < -0.39 is 0 Å². The van der Waals surface area contributed by atoms with Gasteiger partial charge in [-0.05, 0) is 17.5 Å². The van der Waals surface area contributed by atoms with Crippen molar-refractivity contribution in [3.8, 4) is 0 Å². The van der Waals surface area contributed by atoms with E-state index in [-0.39, 0.29) is 0 Å². The maximum absolute atomic E-state index is 2.99. The van der Waals surface area contributed by atoms with E-state index in [9.17, 15) is 0 Å². The highest BCUT2D eigenvalue weighted by Crippen LogP contribution is 2.26. The zero-order valence-corrected chi connectivity index (χ0v) is 9.99. The molecule has 0 unspecified atom stereocenters. The Morgan fingerprint density at radius 2 is 1.93 bits per heavy atom. The number of para-hydroxylation sites is 1. The largest absolute Gasteiger partial charge is 0.393 e. The Bertz CT molecular complexity index is 329. The number of rotatable bonds is 4. The first kappa shape index (κ1) is 11.6. The van der Waals surface area contributed by atoms with E-state index in [2.05, 4.69) is 55.4 Å². The van der Waals surface area contributed by atoms with Crippen molar-refractivity contribution >= 4 is 5.69 Å². The summed E-state index contributed by atoms with van der Waals surface area (Å²) in [7, 11) is 3.97. The predicted octanol–water partition coefficient (Wildman–Crippen LogP) is 2.94. The third-order valence-electron chi connectivity index (χ3n) is 2.40. The summed E-state index contributed by atoms with van der Waals surface area (Å²) in [5, 5.41) is 2.99. The van der Waals surface area contributed by atoms with Crippen LogP contribution in [0.3, 0.4) is 0 Å². The van der Waals surface area contributed by atoms with Gasteiger partial charge in [0.1, 0.15) is 0 Å². The Morgan fingerprint density at radius 1 is 1.27 bits per heavy atom. The number of benzene rings is 1. The maximum Gasteiger partial charge on any atom is 0.0439 e. The fourth-order valence-corrected chi connectivity index (χ4v) is 1.56. The van der Waals surface area contributed by atoms with E-state index in [4.69, 9.17) is 0 Å². The molecule has 0 saturated carbocycles. The summed E-state index contributed by atoms with van der Waals surface area (Å²) < 4.78 is 0. The molecule has 0 aliphatic heterocycles. The van der Waals surface area contributed by atoms with E-state index in [1.807, 2.05) is 19.4 Å². The lowest BCUT2D eigenvalue weighted by molar-refractivity contribution is 0.861. The molecule has 2 nitrogen and oxygen atoms in total. The highest BCUT2D eigenvalue weighted by Gasteiger charge is 2.07. The van der Waals surface area contributed by atoms with Crippen molar-refractivity contribution < 1.29 is 0 Å². The molecule has 1 rings (SSSR count). The van der Waals surface area contributed by atoms with Crippen LogP contribution in [0.2, 0.25) is 0 Å². The lowest BCUT2D eigenvalue weighted by Crippen LogP contribution is -2.12. The molecule has 82 valence electrons. The second-order valence-electron chi connectivity index (χ2n) is 3.93. The number of nitrogens with zero attached hydrogens (tertiary/aromatic N) is 1. The van der Waals surface area contributed by atoms with E-state index >= 15 is 0 Å². The van der Waals surface area contributed by atoms with Crippen molar-refractivity contribution in [2.45, 2.75) is 19.8 Å². The summed E-state index contributed by atoms with van der Waals surface area (Å²) in [6, 6.07) is 8.50. The quantitative estimate of drug-likeness (QED) is 0.811. The molecule has 0 saturated heterocycles. The molecule has 1 aromatic carbocycles. The zero-order valence-electron chi connectivity index (χ0n) is 9.99. The van der Waals surface area contributed by atoms with Gasteiger partial charge < -0.3 is 10.2 Å². The molecule has 1 N–H and O–H groups in total. The van der Waals surface area contributed by atoms with Crippen LogP contribution < -0.4 is 10.2 Å². The maximum atomic E-state index is 2.99. The summed E-state index contributed by atoms with van der Waals surface area (Å²) in [5.41, 5.74) is 2.64. The van der Waals surface area contributed by atoms with E-state index in [0.29, 0.717) is 5.92 Å². The fraction of sp³-hybridized carbons (Fsp3) is 0.385. The van der Waals surface area contributed by atoms with Gasteiger partial charge in [-0.3, -0.25) is 0 Å². The molecule has 0 aliphatic rings. The lowest BCUT2D eigenvalue weighted by Gasteiger charge is -2.20. The number of hydrogen-bond acceptors (Lipinski definition) is 2. The van der Waals surface area contributed by atoms with Crippen LogP contribution in [0.25, 0.3) is 0 Å². The van der Waals surface area contributed by atoms with E-state index in [1.165, 1.54) is 11.3 Å². The van der Waals surface area contributed by atoms with Gasteiger partial charge in [-0.1, -0.05) is 32.0 Å². The Kier molecular flexibility index (Phi) is 4.22. The third-order valence-corrected chi connectivity index (χ3v) is 2.40. The molecule has 0 aromatic heterocycles. The smallest absolute Gasteiger partial charge is 0.0439 e. The molecule has 0 heterocycles. The number of hydrogen-bond donors (Lipinski definition) is 1. The summed E-state index contributed by atoms with van der Waals surface area (Å²) in [6.45, 7) is 4.43. The van der Waals surface area contributed by atoms with Gasteiger partial charge in [-0.2, -0.15) is 0 Å². The average molecular weight is 204 g/mol. The molecule has 0 bridgehead atoms. The van der Waals surface area contributed by atoms with Gasteiger partial charge in [0.15, 0.2) is 0 Å². The van der Waals surface area contributed by atoms with Crippen LogP contribution in [-0.2, 0) is 0 Å². The fourth-order valence-electron chi connectivity index (χ4n) is 1.56. The van der Waals surface area contributed by atoms with Crippen molar-refractivity contribution in [1.29, 1.82) is 0 Å². The lowest BCUT2D eigenvalue weighted by atomic mass is 10.0. The van der Waals surface area contributed by atoms with Crippen LogP contribution in [0.15, 0.2) is 36.7 Å². The Balaban J connectivity index is 2.97. The number of anilines is 1. The molecule has 0 radical (unpaired) electrons. The topological polar surface area (TPSA) is 15.3 Å². The Morgan fingerprint density at radius 3 is 2.53 bits per heavy atom. The number of nitrogens with one attached hydrogen (secondary N) is 1. The molecule has 1 aromatic rings. The van der Waals surface area contributed by atoms with E-state index in [0.717, 1.165) is 0 Å². The van der Waals surface area contributed by atoms with Crippen LogP contribution in [0, 0.1) is 0 Å². The Labute approximate surface area is 92.6 Å². The van der Waals surface area contributed by atoms with Gasteiger partial charge in [0.25, 0.3) is 0 Å². The van der Waals surface area contributed by atoms with Gasteiger partial charge in [0, 0.05) is 32.2 Å². The van der Waals surface area contributed by atoms with Gasteiger partial charge in [0.2, 0.25) is 0 Å². The first-order valence-corrected chi connectivity index (χ1v) is 5.32. The Hall–Kier alpha value is -1.44. The highest BCUT2D eigenvalue weighted by atomic mass is 15.1. The minimum Gasteiger partial charge on any atom is -0.393 e. The van der Waals surface area contributed by atoms with Crippen molar-refractivity contribution in [2.24, 2.45) is 0 Å². The minimum absolute atomic E-state index is 0.548. The normalized spacial score (nSPS) is 11.0. The van der Waals surface area contributed by atoms with Crippen LogP contribution >= 0.6 is 0 Å². The SMILES string of the molecule is CN/C=C\N(C)c1ccccc1C(C)C. The summed E-state index contributed by atoms with van der Waals surface area (Å²) in [6.07, 6.45) is 3.96. The van der Waals surface area contributed by atoms with E-state index in [1.54, 1.807) is 0 Å². The molecule has 0 amide bonds. The van der Waals surface area contributed by atoms with Crippen molar-refractivity contribution in [1.82, 2.24) is 5.32 Å². The second kappa shape index (κ2) is 5.44. The molecule has 0 aliphatic carbocycles. The molecular formula is C13H20N2. The second-order valence-corrected chi connectivity index (χ2v) is 3.93. The van der Waals surface area contributed by atoms with Gasteiger partial charge in [-0.15, -0.1) is 0 Å². The first-order chi connectivity index (χ1) is 7.16. The van der Waals surface area contributed by atoms with Crippen molar-refractivity contribution in [3.63, 3.8) is 0 Å². The molecule has 2 heteroatoms. The zero-order chi connectivity index (χ0) is 11.3. The van der Waals surface area contributed by atoms with Crippen LogP contribution in [0.1, 0.15) is 25.3 Å². The summed E-state index contributed by atoms with van der Waals surface area (Å²) in [5.74, 6) is 0.548. The van der Waals surface area contributed by atoms with Gasteiger partial charge >= 0.3 is 0 Å². The van der Waals surface area contributed by atoms with Gasteiger partial charge in [-0.25, -0.2) is 0 Å². The minimum atomic E-state index is 0.548. The van der Waals surface area contributed by atoms with Crippen LogP contribution in [-0.4, -0.2) is 14.1 Å². The molecular weight excluding hydrogens is 184 g/mol. The van der Waals surface area contributed by atoms with Crippen molar-refractivity contribution in [2.75, 3.05) is 19.0 Å². The summed E-state index contributed by atoms with van der Waals surface area (Å²) >= 11 is 0. The first-order valence-electron chi connectivity index (χ1n) is 5.32. The monoisotopic (exact) mass is 204 g/mol. The van der Waals surface area contributed by atoms with Crippen molar-refractivity contribution in [3.05, 3.63) is 42.2 Å². The standard InChI is InChI=1S/C13H20N2/c1-11(2)12-7-5-6-8-13(12)15(4)10-9-14-3/h5-11,14H,1-4H3/b10-9-. The van der Waals surface area contributed by atoms with Gasteiger partial charge in [0.05, 0.1) is 0 Å². The third kappa shape index (κ3) is 3.01. The van der Waals surface area contributed by atoms with Crippen LogP contribution in [0.4, 0.5) is 5.69 Å². The molecule has 0 spiro atoms. The predicted molar refractivity (Wildman–Crippen MR) is 67.1 cm³/mol. The molecule has 15 heavy (non-hydrogen) atoms. The van der Waals surface area contributed by atoms with Crippen LogP contribution in [0.5, 0.6) is 0 Å². The highest BCUT2D eigenvalue weighted by molar-refractivity contribution is 5.56. The average Bonchev–Trinajstić information content (AvgIpc) is 2.25. The summed E-state index contributed by atoms with van der Waals surface area (Å²) in [4.78, 5) is 2.13. The molecule has 0 atom stereocenters.